The van der Waals surface area contributed by atoms with Gasteiger partial charge in [0.1, 0.15) is 0 Å². The summed E-state index contributed by atoms with van der Waals surface area (Å²) in [4.78, 5) is 0.0552. The minimum absolute atomic E-state index is 0.0552. The molecule has 0 unspecified atom stereocenters. The molecule has 2 aromatic carbocycles. The Morgan fingerprint density at radius 2 is 1.75 bits per heavy atom. The van der Waals surface area contributed by atoms with Crippen LogP contribution in [-0.2, 0) is 16.6 Å². The van der Waals surface area contributed by atoms with Gasteiger partial charge < -0.3 is 5.73 Å². The molecule has 0 aromatic heterocycles. The molecule has 7 heteroatoms. The highest BCUT2D eigenvalue weighted by molar-refractivity contribution is 7.92. The number of rotatable bonds is 4. The zero-order chi connectivity index (χ0) is 14.8. The molecule has 2 rings (SSSR count). The molecule has 0 fully saturated rings. The number of benzene rings is 2. The van der Waals surface area contributed by atoms with Crippen molar-refractivity contribution in [3.8, 4) is 0 Å². The normalized spacial score (nSPS) is 11.3. The maximum absolute atomic E-state index is 12.2. The van der Waals surface area contributed by atoms with Crippen molar-refractivity contribution in [3.05, 3.63) is 58.1 Å². The molecule has 0 radical (unpaired) electrons. The Bertz CT molecular complexity index is 733. The van der Waals surface area contributed by atoms with Gasteiger partial charge in [0.2, 0.25) is 0 Å². The van der Waals surface area contributed by atoms with Crippen molar-refractivity contribution >= 4 is 38.9 Å². The number of halogens is 2. The van der Waals surface area contributed by atoms with E-state index in [1.807, 2.05) is 0 Å². The molecule has 20 heavy (non-hydrogen) atoms. The van der Waals surface area contributed by atoms with Gasteiger partial charge >= 0.3 is 0 Å². The lowest BCUT2D eigenvalue weighted by Crippen LogP contribution is -2.13. The van der Waals surface area contributed by atoms with Crippen LogP contribution in [0.25, 0.3) is 0 Å². The molecule has 0 atom stereocenters. The standard InChI is InChI=1S/C13H12Cl2N2O2S/c14-11-3-1-2-4-13(11)17-20(18,19)10-6-5-9(8-16)12(15)7-10/h1-7,17H,8,16H2. The fourth-order valence-corrected chi connectivity index (χ4v) is 3.28. The second-order valence-corrected chi connectivity index (χ2v) is 6.54. The lowest BCUT2D eigenvalue weighted by molar-refractivity contribution is 0.601. The summed E-state index contributed by atoms with van der Waals surface area (Å²) >= 11 is 11.9. The van der Waals surface area contributed by atoms with Gasteiger partial charge in [0, 0.05) is 11.6 Å². The van der Waals surface area contributed by atoms with E-state index in [-0.39, 0.29) is 11.4 Å². The Morgan fingerprint density at radius 3 is 2.35 bits per heavy atom. The highest BCUT2D eigenvalue weighted by Crippen LogP contribution is 2.26. The van der Waals surface area contributed by atoms with Gasteiger partial charge in [-0.25, -0.2) is 8.42 Å². The van der Waals surface area contributed by atoms with Crippen LogP contribution in [0.15, 0.2) is 47.4 Å². The highest BCUT2D eigenvalue weighted by atomic mass is 35.5. The largest absolute Gasteiger partial charge is 0.326 e. The van der Waals surface area contributed by atoms with E-state index in [1.54, 1.807) is 30.3 Å². The van der Waals surface area contributed by atoms with Crippen LogP contribution < -0.4 is 10.5 Å². The van der Waals surface area contributed by atoms with E-state index in [1.165, 1.54) is 12.1 Å². The zero-order valence-corrected chi connectivity index (χ0v) is 12.6. The van der Waals surface area contributed by atoms with Gasteiger partial charge in [0.15, 0.2) is 0 Å². The van der Waals surface area contributed by atoms with E-state index < -0.39 is 10.0 Å². The van der Waals surface area contributed by atoms with Crippen LogP contribution >= 0.6 is 23.2 Å². The molecule has 0 amide bonds. The summed E-state index contributed by atoms with van der Waals surface area (Å²) in [5, 5.41) is 0.635. The molecular formula is C13H12Cl2N2O2S. The van der Waals surface area contributed by atoms with E-state index in [4.69, 9.17) is 28.9 Å². The Labute approximate surface area is 127 Å². The number of anilines is 1. The molecule has 0 spiro atoms. The molecule has 2 aromatic rings. The molecule has 0 saturated carbocycles. The Kier molecular flexibility index (Phi) is 4.55. The van der Waals surface area contributed by atoms with Gasteiger partial charge in [-0.1, -0.05) is 41.4 Å². The van der Waals surface area contributed by atoms with Gasteiger partial charge in [-0.15, -0.1) is 0 Å². The van der Waals surface area contributed by atoms with Crippen molar-refractivity contribution in [1.29, 1.82) is 0 Å². The number of nitrogens with one attached hydrogen (secondary N) is 1. The third-order valence-corrected chi connectivity index (χ3v) is 4.72. The minimum atomic E-state index is -3.74. The first kappa shape index (κ1) is 15.1. The van der Waals surface area contributed by atoms with Crippen molar-refractivity contribution < 1.29 is 8.42 Å². The van der Waals surface area contributed by atoms with Crippen molar-refractivity contribution in [1.82, 2.24) is 0 Å². The second-order valence-electron chi connectivity index (χ2n) is 4.04. The molecular weight excluding hydrogens is 319 g/mol. The number of hydrogen-bond donors (Lipinski definition) is 2. The summed E-state index contributed by atoms with van der Waals surface area (Å²) < 4.78 is 26.9. The molecule has 3 N–H and O–H groups in total. The lowest BCUT2D eigenvalue weighted by atomic mass is 10.2. The average molecular weight is 331 g/mol. The first-order valence-electron chi connectivity index (χ1n) is 5.70. The predicted molar refractivity (Wildman–Crippen MR) is 81.6 cm³/mol. The van der Waals surface area contributed by atoms with Crippen LogP contribution in [0.4, 0.5) is 5.69 Å². The van der Waals surface area contributed by atoms with Gasteiger partial charge in [0.25, 0.3) is 10.0 Å². The lowest BCUT2D eigenvalue weighted by Gasteiger charge is -2.10. The molecule has 0 bridgehead atoms. The zero-order valence-electron chi connectivity index (χ0n) is 10.3. The summed E-state index contributed by atoms with van der Waals surface area (Å²) in [7, 11) is -3.74. The van der Waals surface area contributed by atoms with E-state index in [9.17, 15) is 8.42 Å². The average Bonchev–Trinajstić information content (AvgIpc) is 2.41. The van der Waals surface area contributed by atoms with Crippen molar-refractivity contribution in [2.75, 3.05) is 4.72 Å². The SMILES string of the molecule is NCc1ccc(S(=O)(=O)Nc2ccccc2Cl)cc1Cl. The maximum atomic E-state index is 12.2. The Morgan fingerprint density at radius 1 is 1.05 bits per heavy atom. The topological polar surface area (TPSA) is 72.2 Å². The van der Waals surface area contributed by atoms with Gasteiger partial charge in [0.05, 0.1) is 15.6 Å². The molecule has 0 aliphatic carbocycles. The second kappa shape index (κ2) is 6.01. The third kappa shape index (κ3) is 3.24. The van der Waals surface area contributed by atoms with Gasteiger partial charge in [-0.3, -0.25) is 4.72 Å². The first-order valence-corrected chi connectivity index (χ1v) is 7.94. The van der Waals surface area contributed by atoms with Crippen LogP contribution in [-0.4, -0.2) is 8.42 Å². The molecule has 4 nitrogen and oxygen atoms in total. The summed E-state index contributed by atoms with van der Waals surface area (Å²) in [6.07, 6.45) is 0. The third-order valence-electron chi connectivity index (χ3n) is 2.67. The quantitative estimate of drug-likeness (QED) is 0.903. The molecule has 0 aliphatic heterocycles. The number of nitrogens with two attached hydrogens (primary N) is 1. The highest BCUT2D eigenvalue weighted by Gasteiger charge is 2.16. The van der Waals surface area contributed by atoms with E-state index >= 15 is 0 Å². The number of para-hydroxylation sites is 1. The predicted octanol–water partition coefficient (Wildman–Crippen LogP) is 3.25. The Balaban J connectivity index is 2.36. The molecule has 0 heterocycles. The van der Waals surface area contributed by atoms with Crippen molar-refractivity contribution in [2.45, 2.75) is 11.4 Å². The van der Waals surface area contributed by atoms with Crippen LogP contribution in [0.2, 0.25) is 10.0 Å². The van der Waals surface area contributed by atoms with Crippen LogP contribution in [0.1, 0.15) is 5.56 Å². The molecule has 0 saturated heterocycles. The number of hydrogen-bond acceptors (Lipinski definition) is 3. The minimum Gasteiger partial charge on any atom is -0.326 e. The van der Waals surface area contributed by atoms with Gasteiger partial charge in [-0.2, -0.15) is 0 Å². The fourth-order valence-electron chi connectivity index (χ4n) is 1.61. The summed E-state index contributed by atoms with van der Waals surface area (Å²) in [5.41, 5.74) is 6.48. The molecule has 106 valence electrons. The maximum Gasteiger partial charge on any atom is 0.261 e. The van der Waals surface area contributed by atoms with E-state index in [0.717, 1.165) is 0 Å². The van der Waals surface area contributed by atoms with Crippen LogP contribution in [0.3, 0.4) is 0 Å². The monoisotopic (exact) mass is 330 g/mol. The van der Waals surface area contributed by atoms with E-state index in [0.29, 0.717) is 21.3 Å². The van der Waals surface area contributed by atoms with Crippen molar-refractivity contribution in [2.24, 2.45) is 5.73 Å². The van der Waals surface area contributed by atoms with Crippen molar-refractivity contribution in [3.63, 3.8) is 0 Å². The smallest absolute Gasteiger partial charge is 0.261 e. The van der Waals surface area contributed by atoms with Crippen LogP contribution in [0, 0.1) is 0 Å². The first-order chi connectivity index (χ1) is 9.44. The number of sulfonamides is 1. The Hall–Kier alpha value is -1.27. The van der Waals surface area contributed by atoms with E-state index in [2.05, 4.69) is 4.72 Å². The summed E-state index contributed by atoms with van der Waals surface area (Å²) in [5.74, 6) is 0. The summed E-state index contributed by atoms with van der Waals surface area (Å²) in [6, 6.07) is 11.0. The fraction of sp³-hybridized carbons (Fsp3) is 0.0769. The van der Waals surface area contributed by atoms with Crippen LogP contribution in [0.5, 0.6) is 0 Å². The summed E-state index contributed by atoms with van der Waals surface area (Å²) in [6.45, 7) is 0.247. The van der Waals surface area contributed by atoms with Gasteiger partial charge in [-0.05, 0) is 29.8 Å². The molecule has 0 aliphatic rings.